The molecule has 1 saturated carbocycles. The van der Waals surface area contributed by atoms with Crippen molar-refractivity contribution in [2.24, 2.45) is 0 Å². The van der Waals surface area contributed by atoms with Crippen molar-refractivity contribution < 1.29 is 5.11 Å². The van der Waals surface area contributed by atoms with Crippen LogP contribution in [0.5, 0.6) is 0 Å². The molecule has 0 aromatic carbocycles. The van der Waals surface area contributed by atoms with Crippen LogP contribution in [0.3, 0.4) is 0 Å². The summed E-state index contributed by atoms with van der Waals surface area (Å²) in [6.07, 6.45) is 5.63. The van der Waals surface area contributed by atoms with Gasteiger partial charge >= 0.3 is 0 Å². The molecule has 0 bridgehead atoms. The van der Waals surface area contributed by atoms with Gasteiger partial charge in [0.25, 0.3) is 0 Å². The van der Waals surface area contributed by atoms with Crippen molar-refractivity contribution >= 4 is 11.6 Å². The standard InChI is InChI=1S/C11H15ClN2O/c12-10-7-9(13)3-6-14(10)8-11(15)4-1-2-5-11/h3,6-7,13,15H,1-2,4-5,8H2. The monoisotopic (exact) mass is 226 g/mol. The van der Waals surface area contributed by atoms with Gasteiger partial charge in [-0.1, -0.05) is 24.4 Å². The molecule has 1 fully saturated rings. The Morgan fingerprint density at radius 1 is 1.47 bits per heavy atom. The van der Waals surface area contributed by atoms with Crippen LogP contribution in [-0.4, -0.2) is 15.3 Å². The summed E-state index contributed by atoms with van der Waals surface area (Å²) in [5.41, 5.74) is -0.599. The number of rotatable bonds is 2. The van der Waals surface area contributed by atoms with Crippen molar-refractivity contribution in [2.45, 2.75) is 37.8 Å². The molecule has 0 amide bonds. The number of nitrogens with one attached hydrogen (secondary N) is 1. The number of pyridine rings is 1. The molecule has 1 aliphatic carbocycles. The molecule has 0 spiro atoms. The van der Waals surface area contributed by atoms with Gasteiger partial charge in [0.15, 0.2) is 0 Å². The quantitative estimate of drug-likeness (QED) is 0.744. The molecule has 1 aromatic heterocycles. The van der Waals surface area contributed by atoms with Crippen molar-refractivity contribution in [2.75, 3.05) is 0 Å². The Bertz CT molecular complexity index is 407. The van der Waals surface area contributed by atoms with Gasteiger partial charge in [0.2, 0.25) is 0 Å². The molecule has 1 heterocycles. The third-order valence-electron chi connectivity index (χ3n) is 2.98. The summed E-state index contributed by atoms with van der Waals surface area (Å²) in [6, 6.07) is 3.28. The van der Waals surface area contributed by atoms with Gasteiger partial charge < -0.3 is 15.1 Å². The van der Waals surface area contributed by atoms with E-state index in [-0.39, 0.29) is 0 Å². The number of hydrogen-bond acceptors (Lipinski definition) is 2. The van der Waals surface area contributed by atoms with Crippen LogP contribution >= 0.6 is 11.6 Å². The maximum Gasteiger partial charge on any atom is 0.111 e. The van der Waals surface area contributed by atoms with Crippen molar-refractivity contribution in [3.05, 3.63) is 28.8 Å². The van der Waals surface area contributed by atoms with Crippen molar-refractivity contribution in [1.29, 1.82) is 5.41 Å². The van der Waals surface area contributed by atoms with Crippen LogP contribution < -0.4 is 5.36 Å². The van der Waals surface area contributed by atoms with Crippen LogP contribution in [0.15, 0.2) is 18.3 Å². The first kappa shape index (κ1) is 10.7. The highest BCUT2D eigenvalue weighted by Crippen LogP contribution is 2.31. The molecule has 0 aliphatic heterocycles. The van der Waals surface area contributed by atoms with Crippen LogP contribution in [0, 0.1) is 5.41 Å². The van der Waals surface area contributed by atoms with Gasteiger partial charge in [-0.3, -0.25) is 0 Å². The summed E-state index contributed by atoms with van der Waals surface area (Å²) in [5, 5.41) is 18.5. The Hall–Kier alpha value is -0.800. The first-order valence-corrected chi connectivity index (χ1v) is 5.60. The molecule has 0 unspecified atom stereocenters. The van der Waals surface area contributed by atoms with E-state index in [1.54, 1.807) is 18.3 Å². The van der Waals surface area contributed by atoms with Gasteiger partial charge in [0, 0.05) is 6.20 Å². The molecule has 82 valence electrons. The minimum absolute atomic E-state index is 0.398. The Morgan fingerprint density at radius 3 is 2.73 bits per heavy atom. The van der Waals surface area contributed by atoms with E-state index in [1.807, 2.05) is 4.57 Å². The second-order valence-corrected chi connectivity index (χ2v) is 4.68. The van der Waals surface area contributed by atoms with Crippen LogP contribution in [0.25, 0.3) is 0 Å². The van der Waals surface area contributed by atoms with E-state index in [0.29, 0.717) is 17.1 Å². The smallest absolute Gasteiger partial charge is 0.111 e. The maximum atomic E-state index is 10.2. The average Bonchev–Trinajstić information content (AvgIpc) is 2.58. The molecule has 1 aromatic rings. The zero-order valence-corrected chi connectivity index (χ0v) is 9.30. The summed E-state index contributed by atoms with van der Waals surface area (Å²) >= 11 is 6.00. The molecule has 0 radical (unpaired) electrons. The predicted octanol–water partition coefficient (Wildman–Crippen LogP) is 1.93. The summed E-state index contributed by atoms with van der Waals surface area (Å²) in [6.45, 7) is 0.534. The molecule has 4 heteroatoms. The Balaban J connectivity index is 2.20. The zero-order valence-electron chi connectivity index (χ0n) is 8.54. The predicted molar refractivity (Wildman–Crippen MR) is 58.7 cm³/mol. The molecule has 0 saturated heterocycles. The normalized spacial score (nSPS) is 19.3. The van der Waals surface area contributed by atoms with Crippen LogP contribution in [-0.2, 0) is 6.54 Å². The van der Waals surface area contributed by atoms with Gasteiger partial charge in [0.1, 0.15) is 5.15 Å². The highest BCUT2D eigenvalue weighted by molar-refractivity contribution is 6.29. The molecular weight excluding hydrogens is 212 g/mol. The zero-order chi connectivity index (χ0) is 10.9. The lowest BCUT2D eigenvalue weighted by molar-refractivity contribution is 0.0298. The van der Waals surface area contributed by atoms with Gasteiger partial charge in [-0.15, -0.1) is 0 Å². The fourth-order valence-electron chi connectivity index (χ4n) is 2.14. The highest BCUT2D eigenvalue weighted by atomic mass is 35.5. The third-order valence-corrected chi connectivity index (χ3v) is 3.31. The summed E-state index contributed by atoms with van der Waals surface area (Å²) in [4.78, 5) is 0. The summed E-state index contributed by atoms with van der Waals surface area (Å²) in [7, 11) is 0. The van der Waals surface area contributed by atoms with Crippen molar-refractivity contribution in [3.63, 3.8) is 0 Å². The fraction of sp³-hybridized carbons (Fsp3) is 0.545. The lowest BCUT2D eigenvalue weighted by atomic mass is 10.0. The first-order valence-electron chi connectivity index (χ1n) is 5.22. The minimum Gasteiger partial charge on any atom is -0.388 e. The van der Waals surface area contributed by atoms with E-state index in [2.05, 4.69) is 0 Å². The van der Waals surface area contributed by atoms with E-state index in [9.17, 15) is 5.11 Å². The number of aromatic nitrogens is 1. The largest absolute Gasteiger partial charge is 0.388 e. The maximum absolute atomic E-state index is 10.2. The second kappa shape index (κ2) is 3.99. The van der Waals surface area contributed by atoms with E-state index >= 15 is 0 Å². The average molecular weight is 227 g/mol. The highest BCUT2D eigenvalue weighted by Gasteiger charge is 2.31. The summed E-state index contributed by atoms with van der Waals surface area (Å²) in [5.74, 6) is 0. The van der Waals surface area contributed by atoms with Crippen LogP contribution in [0.2, 0.25) is 5.15 Å². The lowest BCUT2D eigenvalue weighted by Gasteiger charge is -2.24. The first-order chi connectivity index (χ1) is 7.09. The van der Waals surface area contributed by atoms with Crippen LogP contribution in [0.1, 0.15) is 25.7 Å². The van der Waals surface area contributed by atoms with Crippen molar-refractivity contribution in [1.82, 2.24) is 4.57 Å². The molecule has 15 heavy (non-hydrogen) atoms. The molecule has 2 N–H and O–H groups in total. The van der Waals surface area contributed by atoms with Gasteiger partial charge in [-0.05, 0) is 25.0 Å². The number of aliphatic hydroxyl groups is 1. The molecule has 2 rings (SSSR count). The van der Waals surface area contributed by atoms with E-state index in [1.165, 1.54) is 0 Å². The number of hydrogen-bond donors (Lipinski definition) is 2. The third kappa shape index (κ3) is 2.41. The number of nitrogens with zero attached hydrogens (tertiary/aromatic N) is 1. The Labute approximate surface area is 93.8 Å². The van der Waals surface area contributed by atoms with Gasteiger partial charge in [-0.2, -0.15) is 0 Å². The van der Waals surface area contributed by atoms with E-state index in [0.717, 1.165) is 25.7 Å². The SMILES string of the molecule is N=c1ccn(CC2(O)CCCC2)c(Cl)c1. The van der Waals surface area contributed by atoms with Crippen molar-refractivity contribution in [3.8, 4) is 0 Å². The Kier molecular flexibility index (Phi) is 2.85. The minimum atomic E-state index is -0.599. The topological polar surface area (TPSA) is 49.0 Å². The van der Waals surface area contributed by atoms with E-state index < -0.39 is 5.60 Å². The molecular formula is C11H15ClN2O. The number of halogens is 1. The summed E-state index contributed by atoms with van der Waals surface area (Å²) < 4.78 is 1.81. The van der Waals surface area contributed by atoms with Crippen LogP contribution in [0.4, 0.5) is 0 Å². The molecule has 0 atom stereocenters. The van der Waals surface area contributed by atoms with Gasteiger partial charge in [0.05, 0.1) is 17.5 Å². The second-order valence-electron chi connectivity index (χ2n) is 4.30. The Morgan fingerprint density at radius 2 is 2.13 bits per heavy atom. The van der Waals surface area contributed by atoms with Gasteiger partial charge in [-0.25, -0.2) is 0 Å². The molecule has 1 aliphatic rings. The lowest BCUT2D eigenvalue weighted by Crippen LogP contribution is -2.31. The van der Waals surface area contributed by atoms with E-state index in [4.69, 9.17) is 17.0 Å². The fourth-order valence-corrected chi connectivity index (χ4v) is 2.37. The molecule has 3 nitrogen and oxygen atoms in total.